The summed E-state index contributed by atoms with van der Waals surface area (Å²) in [5.74, 6) is 0.0898. The molecule has 0 heterocycles. The van der Waals surface area contributed by atoms with E-state index in [9.17, 15) is 4.79 Å². The van der Waals surface area contributed by atoms with Gasteiger partial charge in [-0.2, -0.15) is 0 Å². The summed E-state index contributed by atoms with van der Waals surface area (Å²) in [6, 6.07) is 7.52. The van der Waals surface area contributed by atoms with Gasteiger partial charge in [-0.05, 0) is 18.6 Å². The molecule has 0 unspecified atom stereocenters. The van der Waals surface area contributed by atoms with E-state index in [0.717, 1.165) is 11.1 Å². The molecule has 0 amide bonds. The van der Waals surface area contributed by atoms with Crippen LogP contribution in [-0.4, -0.2) is 19.5 Å². The van der Waals surface area contributed by atoms with Gasteiger partial charge in [-0.15, -0.1) is 0 Å². The van der Waals surface area contributed by atoms with Gasteiger partial charge in [0.25, 0.3) is 0 Å². The third-order valence-corrected chi connectivity index (χ3v) is 1.87. The summed E-state index contributed by atoms with van der Waals surface area (Å²) < 4.78 is 4.89. The van der Waals surface area contributed by atoms with Crippen LogP contribution in [0.25, 0.3) is 6.08 Å². The van der Waals surface area contributed by atoms with E-state index in [2.05, 4.69) is 0 Å². The molecule has 0 aromatic heterocycles. The molecule has 0 N–H and O–H groups in total. The number of rotatable bonds is 4. The van der Waals surface area contributed by atoms with Crippen molar-refractivity contribution >= 4 is 11.9 Å². The summed E-state index contributed by atoms with van der Waals surface area (Å²) in [6.45, 7) is 2.16. The lowest BCUT2D eigenvalue weighted by atomic mass is 10.1. The summed E-state index contributed by atoms with van der Waals surface area (Å²) in [5.41, 5.74) is 1.76. The molecule has 74 valence electrons. The lowest BCUT2D eigenvalue weighted by Crippen LogP contribution is -1.91. The molecule has 0 bridgehead atoms. The number of hydrogen-bond donors (Lipinski definition) is 0. The lowest BCUT2D eigenvalue weighted by Gasteiger charge is -1.97. The molecule has 1 aromatic rings. The highest BCUT2D eigenvalue weighted by atomic mass is 16.5. The number of ketones is 1. The molecular weight excluding hydrogens is 176 g/mol. The van der Waals surface area contributed by atoms with Gasteiger partial charge in [-0.1, -0.05) is 30.4 Å². The molecule has 0 spiro atoms. The predicted molar refractivity (Wildman–Crippen MR) is 57.4 cm³/mol. The van der Waals surface area contributed by atoms with Crippen LogP contribution in [0, 0.1) is 0 Å². The van der Waals surface area contributed by atoms with E-state index in [4.69, 9.17) is 4.74 Å². The van der Waals surface area contributed by atoms with Gasteiger partial charge in [0.1, 0.15) is 0 Å². The molecule has 2 heteroatoms. The summed E-state index contributed by atoms with van der Waals surface area (Å²) >= 11 is 0. The maximum Gasteiger partial charge on any atom is 0.159 e. The van der Waals surface area contributed by atoms with Crippen LogP contribution in [0.4, 0.5) is 0 Å². The Morgan fingerprint density at radius 1 is 1.50 bits per heavy atom. The number of carbonyl (C=O) groups excluding carboxylic acids is 1. The normalized spacial score (nSPS) is 10.7. The Morgan fingerprint density at radius 3 is 2.93 bits per heavy atom. The smallest absolute Gasteiger partial charge is 0.159 e. The van der Waals surface area contributed by atoms with Gasteiger partial charge in [0.05, 0.1) is 6.61 Å². The summed E-state index contributed by atoms with van der Waals surface area (Å²) in [4.78, 5) is 11.1. The van der Waals surface area contributed by atoms with Crippen LogP contribution in [0.3, 0.4) is 0 Å². The average Bonchev–Trinajstić information content (AvgIpc) is 2.19. The second-order valence-electron chi connectivity index (χ2n) is 3.04. The molecule has 0 fully saturated rings. The molecule has 0 atom stereocenters. The highest BCUT2D eigenvalue weighted by Gasteiger charge is 1.97. The number of benzene rings is 1. The van der Waals surface area contributed by atoms with Crippen LogP contribution >= 0.6 is 0 Å². The molecule has 0 aliphatic rings. The molecule has 0 aliphatic carbocycles. The second-order valence-corrected chi connectivity index (χ2v) is 3.04. The number of Topliss-reactive ketones (excluding diaryl/α,β-unsaturated/α-hetero) is 1. The van der Waals surface area contributed by atoms with Crippen molar-refractivity contribution in [3.63, 3.8) is 0 Å². The van der Waals surface area contributed by atoms with Gasteiger partial charge >= 0.3 is 0 Å². The first-order valence-corrected chi connectivity index (χ1v) is 4.50. The van der Waals surface area contributed by atoms with Crippen LogP contribution in [0.1, 0.15) is 22.8 Å². The minimum atomic E-state index is 0.0898. The standard InChI is InChI=1S/C12H14O2/c1-10(13)12-7-3-5-11(9-12)6-4-8-14-2/h3-7,9H,8H2,1-2H3/b6-4+. The van der Waals surface area contributed by atoms with E-state index >= 15 is 0 Å². The first-order valence-electron chi connectivity index (χ1n) is 4.50. The summed E-state index contributed by atoms with van der Waals surface area (Å²) in [6.07, 6.45) is 3.86. The van der Waals surface area contributed by atoms with Crippen LogP contribution in [0.5, 0.6) is 0 Å². The Balaban J connectivity index is 2.78. The van der Waals surface area contributed by atoms with E-state index in [1.165, 1.54) is 0 Å². The van der Waals surface area contributed by atoms with Gasteiger partial charge in [0.15, 0.2) is 5.78 Å². The molecular formula is C12H14O2. The van der Waals surface area contributed by atoms with Gasteiger partial charge in [0, 0.05) is 12.7 Å². The zero-order valence-corrected chi connectivity index (χ0v) is 8.49. The fraction of sp³-hybridized carbons (Fsp3) is 0.250. The van der Waals surface area contributed by atoms with Crippen molar-refractivity contribution in [2.45, 2.75) is 6.92 Å². The Morgan fingerprint density at radius 2 is 2.29 bits per heavy atom. The number of carbonyl (C=O) groups is 1. The van der Waals surface area contributed by atoms with Crippen molar-refractivity contribution in [2.24, 2.45) is 0 Å². The van der Waals surface area contributed by atoms with Crippen LogP contribution in [0.15, 0.2) is 30.3 Å². The van der Waals surface area contributed by atoms with Crippen molar-refractivity contribution in [1.29, 1.82) is 0 Å². The highest BCUT2D eigenvalue weighted by Crippen LogP contribution is 2.07. The Labute approximate surface area is 84.2 Å². The molecule has 1 aromatic carbocycles. The maximum absolute atomic E-state index is 11.1. The fourth-order valence-electron chi connectivity index (χ4n) is 1.14. The fourth-order valence-corrected chi connectivity index (χ4v) is 1.14. The van der Waals surface area contributed by atoms with E-state index in [-0.39, 0.29) is 5.78 Å². The van der Waals surface area contributed by atoms with E-state index in [1.807, 2.05) is 36.4 Å². The molecule has 0 aliphatic heterocycles. The molecule has 14 heavy (non-hydrogen) atoms. The molecule has 0 saturated carbocycles. The number of hydrogen-bond acceptors (Lipinski definition) is 2. The third kappa shape index (κ3) is 3.15. The van der Waals surface area contributed by atoms with Gasteiger partial charge < -0.3 is 4.74 Å². The largest absolute Gasteiger partial charge is 0.381 e. The lowest BCUT2D eigenvalue weighted by molar-refractivity contribution is 0.101. The van der Waals surface area contributed by atoms with Crippen LogP contribution < -0.4 is 0 Å². The van der Waals surface area contributed by atoms with Crippen molar-refractivity contribution in [3.05, 3.63) is 41.5 Å². The highest BCUT2D eigenvalue weighted by molar-refractivity contribution is 5.94. The zero-order valence-electron chi connectivity index (χ0n) is 8.49. The Kier molecular flexibility index (Phi) is 4.08. The number of ether oxygens (including phenoxy) is 1. The minimum absolute atomic E-state index is 0.0898. The van der Waals surface area contributed by atoms with E-state index in [1.54, 1.807) is 14.0 Å². The molecule has 2 nitrogen and oxygen atoms in total. The van der Waals surface area contributed by atoms with Gasteiger partial charge in [0.2, 0.25) is 0 Å². The molecule has 0 radical (unpaired) electrons. The summed E-state index contributed by atoms with van der Waals surface area (Å²) in [5, 5.41) is 0. The monoisotopic (exact) mass is 190 g/mol. The topological polar surface area (TPSA) is 26.3 Å². The predicted octanol–water partition coefficient (Wildman–Crippen LogP) is 2.55. The number of methoxy groups -OCH3 is 1. The first kappa shape index (κ1) is 10.7. The van der Waals surface area contributed by atoms with E-state index < -0.39 is 0 Å². The zero-order chi connectivity index (χ0) is 10.4. The first-order chi connectivity index (χ1) is 6.74. The molecule has 0 saturated heterocycles. The third-order valence-electron chi connectivity index (χ3n) is 1.87. The van der Waals surface area contributed by atoms with Crippen molar-refractivity contribution in [2.75, 3.05) is 13.7 Å². The van der Waals surface area contributed by atoms with Crippen molar-refractivity contribution in [1.82, 2.24) is 0 Å². The van der Waals surface area contributed by atoms with Crippen LogP contribution in [-0.2, 0) is 4.74 Å². The SMILES string of the molecule is COC/C=C/c1cccc(C(C)=O)c1. The maximum atomic E-state index is 11.1. The van der Waals surface area contributed by atoms with Crippen LogP contribution in [0.2, 0.25) is 0 Å². The van der Waals surface area contributed by atoms with E-state index in [0.29, 0.717) is 6.61 Å². The van der Waals surface area contributed by atoms with Gasteiger partial charge in [-0.3, -0.25) is 4.79 Å². The van der Waals surface area contributed by atoms with Crippen molar-refractivity contribution < 1.29 is 9.53 Å². The quantitative estimate of drug-likeness (QED) is 0.682. The Hall–Kier alpha value is -1.41. The molecule has 1 rings (SSSR count). The Bertz CT molecular complexity index is 340. The minimum Gasteiger partial charge on any atom is -0.381 e. The average molecular weight is 190 g/mol. The van der Waals surface area contributed by atoms with Gasteiger partial charge in [-0.25, -0.2) is 0 Å². The van der Waals surface area contributed by atoms with Crippen molar-refractivity contribution in [3.8, 4) is 0 Å². The second kappa shape index (κ2) is 5.35. The summed E-state index contributed by atoms with van der Waals surface area (Å²) in [7, 11) is 1.65.